The van der Waals surface area contributed by atoms with E-state index in [9.17, 15) is 4.79 Å². The van der Waals surface area contributed by atoms with E-state index in [1.807, 2.05) is 22.8 Å². The number of nitrogens with zero attached hydrogens (tertiary/aromatic N) is 2. The number of aromatic nitrogens is 2. The van der Waals surface area contributed by atoms with Crippen LogP contribution in [0, 0.1) is 5.92 Å². The second-order valence-corrected chi connectivity index (χ2v) is 11.0. The largest absolute Gasteiger partial charge is 0.283 e. The van der Waals surface area contributed by atoms with Crippen LogP contribution in [0.2, 0.25) is 0 Å². The van der Waals surface area contributed by atoms with Crippen molar-refractivity contribution < 1.29 is 0 Å². The molecule has 2 aliphatic rings. The van der Waals surface area contributed by atoms with Crippen LogP contribution in [-0.4, -0.2) is 15.3 Å². The van der Waals surface area contributed by atoms with Crippen LogP contribution in [0.5, 0.6) is 0 Å². The van der Waals surface area contributed by atoms with Gasteiger partial charge in [0, 0.05) is 16.7 Å². The minimum Gasteiger partial charge on any atom is -0.283 e. The van der Waals surface area contributed by atoms with Gasteiger partial charge in [-0.15, -0.1) is 0 Å². The van der Waals surface area contributed by atoms with E-state index in [-0.39, 0.29) is 11.0 Å². The average molecular weight is 459 g/mol. The van der Waals surface area contributed by atoms with Crippen molar-refractivity contribution >= 4 is 11.8 Å². The molecule has 3 nitrogen and oxygen atoms in total. The summed E-state index contributed by atoms with van der Waals surface area (Å²) in [5.41, 5.74) is 5.56. The molecule has 0 N–H and O–H groups in total. The van der Waals surface area contributed by atoms with Gasteiger partial charge in [-0.25, -0.2) is 4.98 Å². The van der Waals surface area contributed by atoms with E-state index >= 15 is 0 Å². The summed E-state index contributed by atoms with van der Waals surface area (Å²) in [4.78, 5) is 19.6. The first-order chi connectivity index (χ1) is 16.1. The molecule has 0 unspecified atom stereocenters. The molecule has 0 saturated heterocycles. The summed E-state index contributed by atoms with van der Waals surface area (Å²) >= 11 is 1.72. The first-order valence-electron chi connectivity index (χ1n) is 12.5. The van der Waals surface area contributed by atoms with E-state index in [1.165, 1.54) is 37.7 Å². The molecule has 0 spiro atoms. The lowest BCUT2D eigenvalue weighted by Crippen LogP contribution is -2.45. The quantitative estimate of drug-likeness (QED) is 0.299. The van der Waals surface area contributed by atoms with Gasteiger partial charge in [0.1, 0.15) is 0 Å². The molecule has 1 atom stereocenters. The second-order valence-electron chi connectivity index (χ2n) is 9.93. The van der Waals surface area contributed by atoms with Gasteiger partial charge in [0.2, 0.25) is 0 Å². The van der Waals surface area contributed by atoms with E-state index in [0.29, 0.717) is 12.5 Å². The minimum absolute atomic E-state index is 0.166. The number of fused-ring (bicyclic) bond motifs is 3. The summed E-state index contributed by atoms with van der Waals surface area (Å²) in [5.74, 6) is 1.49. The van der Waals surface area contributed by atoms with Crippen LogP contribution in [0.1, 0.15) is 69.1 Å². The molecule has 3 aromatic rings. The maximum Gasteiger partial charge on any atom is 0.258 e. The van der Waals surface area contributed by atoms with Gasteiger partial charge in [-0.05, 0) is 42.7 Å². The van der Waals surface area contributed by atoms with Crippen molar-refractivity contribution in [3.63, 3.8) is 0 Å². The zero-order chi connectivity index (χ0) is 22.8. The lowest BCUT2D eigenvalue weighted by atomic mass is 9.60. The van der Waals surface area contributed by atoms with Crippen LogP contribution in [-0.2, 0) is 18.4 Å². The van der Waals surface area contributed by atoms with E-state index in [0.717, 1.165) is 46.1 Å². The van der Waals surface area contributed by atoms with Crippen LogP contribution in [0.4, 0.5) is 0 Å². The summed E-state index contributed by atoms with van der Waals surface area (Å²) < 4.78 is 1.96. The molecule has 5 rings (SSSR count). The number of benzene rings is 2. The third-order valence-electron chi connectivity index (χ3n) is 7.66. The summed E-state index contributed by atoms with van der Waals surface area (Å²) in [5, 5.41) is 0.854. The Morgan fingerprint density at radius 3 is 2.52 bits per heavy atom. The number of thioether (sulfide) groups is 1. The smallest absolute Gasteiger partial charge is 0.258 e. The van der Waals surface area contributed by atoms with Crippen molar-refractivity contribution in [2.75, 3.05) is 5.75 Å². The van der Waals surface area contributed by atoms with Crippen LogP contribution < -0.4 is 5.56 Å². The molecule has 1 saturated carbocycles. The highest BCUT2D eigenvalue weighted by Gasteiger charge is 2.44. The van der Waals surface area contributed by atoms with E-state index < -0.39 is 0 Å². The Bertz CT molecular complexity index is 1180. The molecule has 0 amide bonds. The zero-order valence-electron chi connectivity index (χ0n) is 19.8. The lowest BCUT2D eigenvalue weighted by molar-refractivity contribution is 0.212. The molecule has 0 aliphatic heterocycles. The van der Waals surface area contributed by atoms with Crippen LogP contribution in [0.25, 0.3) is 11.3 Å². The molecule has 2 aromatic carbocycles. The first kappa shape index (κ1) is 22.5. The van der Waals surface area contributed by atoms with Crippen molar-refractivity contribution in [2.45, 2.75) is 75.9 Å². The fourth-order valence-electron chi connectivity index (χ4n) is 5.93. The van der Waals surface area contributed by atoms with Crippen molar-refractivity contribution in [1.29, 1.82) is 0 Å². The summed E-state index contributed by atoms with van der Waals surface area (Å²) in [6.07, 6.45) is 8.27. The van der Waals surface area contributed by atoms with Gasteiger partial charge in [-0.2, -0.15) is 0 Å². The molecular formula is C29H34N2OS. The molecular weight excluding hydrogens is 424 g/mol. The zero-order valence-corrected chi connectivity index (χ0v) is 20.7. The monoisotopic (exact) mass is 458 g/mol. The Balaban J connectivity index is 1.73. The predicted molar refractivity (Wildman–Crippen MR) is 138 cm³/mol. The molecule has 1 aromatic heterocycles. The first-order valence-corrected chi connectivity index (χ1v) is 13.5. The molecule has 1 fully saturated rings. The Morgan fingerprint density at radius 1 is 1.03 bits per heavy atom. The van der Waals surface area contributed by atoms with Gasteiger partial charge in [0.05, 0.1) is 17.8 Å². The third-order valence-corrected chi connectivity index (χ3v) is 8.84. The van der Waals surface area contributed by atoms with Gasteiger partial charge < -0.3 is 0 Å². The normalized spacial score (nSPS) is 20.3. The maximum absolute atomic E-state index is 14.4. The Labute approximate surface area is 201 Å². The van der Waals surface area contributed by atoms with Crippen molar-refractivity contribution in [3.8, 4) is 11.3 Å². The number of rotatable bonds is 6. The van der Waals surface area contributed by atoms with Crippen molar-refractivity contribution in [3.05, 3.63) is 81.6 Å². The number of hydrogen-bond donors (Lipinski definition) is 0. The highest BCUT2D eigenvalue weighted by molar-refractivity contribution is 7.99. The highest BCUT2D eigenvalue weighted by atomic mass is 32.2. The van der Waals surface area contributed by atoms with Gasteiger partial charge in [0.15, 0.2) is 5.16 Å². The maximum atomic E-state index is 14.4. The Morgan fingerprint density at radius 2 is 1.76 bits per heavy atom. The number of hydrogen-bond acceptors (Lipinski definition) is 3. The molecule has 1 heterocycles. The fourth-order valence-corrected chi connectivity index (χ4v) is 6.78. The van der Waals surface area contributed by atoms with Crippen molar-refractivity contribution in [1.82, 2.24) is 9.55 Å². The summed E-state index contributed by atoms with van der Waals surface area (Å²) in [6, 6.07) is 19.0. The topological polar surface area (TPSA) is 34.9 Å². The SMILES string of the molecule is CCCSc1nc2c(c(=O)n1Cc1ccccc1)[C@](C)(C1CCCCC1)Cc1ccccc1-2. The Kier molecular flexibility index (Phi) is 6.47. The van der Waals surface area contributed by atoms with Crippen LogP contribution >= 0.6 is 11.8 Å². The summed E-state index contributed by atoms with van der Waals surface area (Å²) in [7, 11) is 0. The van der Waals surface area contributed by atoms with Gasteiger partial charge in [-0.3, -0.25) is 9.36 Å². The second kappa shape index (κ2) is 9.50. The third kappa shape index (κ3) is 4.19. The summed E-state index contributed by atoms with van der Waals surface area (Å²) in [6.45, 7) is 5.11. The van der Waals surface area contributed by atoms with E-state index in [1.54, 1.807) is 11.8 Å². The van der Waals surface area contributed by atoms with Crippen LogP contribution in [0.15, 0.2) is 64.5 Å². The Hall–Kier alpha value is -2.33. The molecule has 4 heteroatoms. The van der Waals surface area contributed by atoms with Crippen LogP contribution in [0.3, 0.4) is 0 Å². The average Bonchev–Trinajstić information content (AvgIpc) is 2.85. The lowest BCUT2D eigenvalue weighted by Gasteiger charge is -2.44. The van der Waals surface area contributed by atoms with E-state index in [4.69, 9.17) is 4.98 Å². The van der Waals surface area contributed by atoms with Gasteiger partial charge in [0.25, 0.3) is 5.56 Å². The highest BCUT2D eigenvalue weighted by Crippen LogP contribution is 2.49. The predicted octanol–water partition coefficient (Wildman–Crippen LogP) is 6.85. The molecule has 33 heavy (non-hydrogen) atoms. The molecule has 0 radical (unpaired) electrons. The molecule has 2 aliphatic carbocycles. The van der Waals surface area contributed by atoms with E-state index in [2.05, 4.69) is 50.2 Å². The molecule has 172 valence electrons. The minimum atomic E-state index is -0.166. The van der Waals surface area contributed by atoms with Gasteiger partial charge in [-0.1, -0.05) is 99.5 Å². The molecule has 0 bridgehead atoms. The van der Waals surface area contributed by atoms with Crippen molar-refractivity contribution in [2.24, 2.45) is 5.92 Å². The van der Waals surface area contributed by atoms with Gasteiger partial charge >= 0.3 is 0 Å². The fraction of sp³-hybridized carbons (Fsp3) is 0.448. The standard InChI is InChI=1S/C29H34N2OS/c1-3-18-33-28-30-26-24-17-11-10-14-22(24)19-29(2,23-15-8-5-9-16-23)25(26)27(32)31(28)20-21-12-6-4-7-13-21/h4,6-7,10-14,17,23H,3,5,8-9,15-16,18-20H2,1-2H3/t29-/m0/s1.